The van der Waals surface area contributed by atoms with E-state index in [1.54, 1.807) is 0 Å². The fourth-order valence-electron chi connectivity index (χ4n) is 2.03. The van der Waals surface area contributed by atoms with E-state index < -0.39 is 5.54 Å². The third-order valence-electron chi connectivity index (χ3n) is 3.57. The zero-order chi connectivity index (χ0) is 12.2. The highest BCUT2D eigenvalue weighted by Gasteiger charge is 2.33. The quantitative estimate of drug-likeness (QED) is 0.745. The predicted molar refractivity (Wildman–Crippen MR) is 62.1 cm³/mol. The molecule has 0 saturated carbocycles. The number of carbonyl (C=O) groups is 1. The number of amides is 1. The van der Waals surface area contributed by atoms with Gasteiger partial charge in [0.25, 0.3) is 0 Å². The molecule has 4 nitrogen and oxygen atoms in total. The zero-order valence-corrected chi connectivity index (χ0v) is 10.5. The molecule has 1 aliphatic rings. The molecule has 0 spiro atoms. The van der Waals surface area contributed by atoms with Crippen molar-refractivity contribution in [2.75, 3.05) is 6.61 Å². The van der Waals surface area contributed by atoms with E-state index in [9.17, 15) is 9.90 Å². The smallest absolute Gasteiger partial charge is 0.249 e. The highest BCUT2D eigenvalue weighted by Crippen LogP contribution is 2.21. The molecule has 0 aromatic heterocycles. The lowest BCUT2D eigenvalue weighted by Crippen LogP contribution is -2.53. The number of aliphatic hydroxyl groups is 1. The first-order chi connectivity index (χ1) is 7.56. The van der Waals surface area contributed by atoms with Gasteiger partial charge in [0.1, 0.15) is 6.10 Å². The number of rotatable bonds is 5. The Morgan fingerprint density at radius 1 is 1.44 bits per heavy atom. The normalized spacial score (nSPS) is 25.8. The largest absolute Gasteiger partial charge is 0.394 e. The van der Waals surface area contributed by atoms with E-state index in [0.717, 1.165) is 25.7 Å². The monoisotopic (exact) mass is 229 g/mol. The molecule has 0 aliphatic carbocycles. The third kappa shape index (κ3) is 2.95. The van der Waals surface area contributed by atoms with Crippen LogP contribution in [0.4, 0.5) is 0 Å². The van der Waals surface area contributed by atoms with E-state index in [-0.39, 0.29) is 24.7 Å². The molecule has 1 fully saturated rings. The number of carbonyl (C=O) groups excluding carboxylic acids is 1. The van der Waals surface area contributed by atoms with E-state index in [0.29, 0.717) is 0 Å². The molecule has 2 atom stereocenters. The number of aliphatic hydroxyl groups excluding tert-OH is 1. The van der Waals surface area contributed by atoms with Gasteiger partial charge in [-0.15, -0.1) is 0 Å². The number of nitrogens with one attached hydrogen (secondary N) is 1. The van der Waals surface area contributed by atoms with Gasteiger partial charge in [0, 0.05) is 0 Å². The Hall–Kier alpha value is -0.610. The fraction of sp³-hybridized carbons (Fsp3) is 0.917. The summed E-state index contributed by atoms with van der Waals surface area (Å²) in [5.41, 5.74) is -0.480. The molecular formula is C12H23NO3. The van der Waals surface area contributed by atoms with Crippen LogP contribution in [0, 0.1) is 0 Å². The average molecular weight is 229 g/mol. The van der Waals surface area contributed by atoms with Gasteiger partial charge in [0.05, 0.1) is 18.2 Å². The van der Waals surface area contributed by atoms with E-state index in [4.69, 9.17) is 4.74 Å². The van der Waals surface area contributed by atoms with Crippen LogP contribution in [-0.2, 0) is 9.53 Å². The molecule has 94 valence electrons. The first-order valence-corrected chi connectivity index (χ1v) is 6.15. The van der Waals surface area contributed by atoms with Crippen LogP contribution in [0.5, 0.6) is 0 Å². The maximum absolute atomic E-state index is 11.9. The van der Waals surface area contributed by atoms with Crippen molar-refractivity contribution in [1.82, 2.24) is 5.32 Å². The molecule has 1 saturated heterocycles. The summed E-state index contributed by atoms with van der Waals surface area (Å²) in [7, 11) is 0. The van der Waals surface area contributed by atoms with Crippen molar-refractivity contribution in [3.05, 3.63) is 0 Å². The molecule has 1 heterocycles. The summed E-state index contributed by atoms with van der Waals surface area (Å²) in [5, 5.41) is 12.3. The topological polar surface area (TPSA) is 58.6 Å². The van der Waals surface area contributed by atoms with Crippen LogP contribution in [0.25, 0.3) is 0 Å². The predicted octanol–water partition coefficient (Wildman–Crippen LogP) is 1.22. The SMILES string of the molecule is CCC(CC)(CO)NC(=O)C1CCC(C)O1. The summed E-state index contributed by atoms with van der Waals surface area (Å²) >= 11 is 0. The maximum Gasteiger partial charge on any atom is 0.249 e. The minimum atomic E-state index is -0.480. The van der Waals surface area contributed by atoms with Gasteiger partial charge in [-0.25, -0.2) is 0 Å². The molecule has 2 unspecified atom stereocenters. The Morgan fingerprint density at radius 3 is 2.44 bits per heavy atom. The molecule has 1 amide bonds. The molecule has 2 N–H and O–H groups in total. The van der Waals surface area contributed by atoms with Crippen LogP contribution in [0.15, 0.2) is 0 Å². The van der Waals surface area contributed by atoms with Crippen molar-refractivity contribution in [2.24, 2.45) is 0 Å². The summed E-state index contributed by atoms with van der Waals surface area (Å²) in [6, 6.07) is 0. The molecule has 1 aliphatic heterocycles. The van der Waals surface area contributed by atoms with Crippen LogP contribution < -0.4 is 5.32 Å². The van der Waals surface area contributed by atoms with Gasteiger partial charge in [-0.2, -0.15) is 0 Å². The lowest BCUT2D eigenvalue weighted by molar-refractivity contribution is -0.134. The summed E-state index contributed by atoms with van der Waals surface area (Å²) in [5.74, 6) is -0.0814. The highest BCUT2D eigenvalue weighted by molar-refractivity contribution is 5.81. The minimum absolute atomic E-state index is 0.0198. The first-order valence-electron chi connectivity index (χ1n) is 6.15. The van der Waals surface area contributed by atoms with Gasteiger partial charge in [0.2, 0.25) is 5.91 Å². The Balaban J connectivity index is 2.55. The fourth-order valence-corrected chi connectivity index (χ4v) is 2.03. The number of hydrogen-bond acceptors (Lipinski definition) is 3. The summed E-state index contributed by atoms with van der Waals surface area (Å²) in [6.07, 6.45) is 3.01. The maximum atomic E-state index is 11.9. The minimum Gasteiger partial charge on any atom is -0.394 e. The van der Waals surface area contributed by atoms with Gasteiger partial charge in [0.15, 0.2) is 0 Å². The van der Waals surface area contributed by atoms with Crippen LogP contribution in [0.2, 0.25) is 0 Å². The zero-order valence-electron chi connectivity index (χ0n) is 10.5. The van der Waals surface area contributed by atoms with Crippen LogP contribution in [0.3, 0.4) is 0 Å². The van der Waals surface area contributed by atoms with Crippen molar-refractivity contribution in [1.29, 1.82) is 0 Å². The van der Waals surface area contributed by atoms with Gasteiger partial charge in [-0.1, -0.05) is 13.8 Å². The molecule has 1 rings (SSSR count). The van der Waals surface area contributed by atoms with E-state index in [1.165, 1.54) is 0 Å². The summed E-state index contributed by atoms with van der Waals surface area (Å²) in [6.45, 7) is 5.90. The van der Waals surface area contributed by atoms with Crippen molar-refractivity contribution in [2.45, 2.75) is 64.2 Å². The summed E-state index contributed by atoms with van der Waals surface area (Å²) in [4.78, 5) is 11.9. The first kappa shape index (κ1) is 13.5. The second-order valence-electron chi connectivity index (χ2n) is 4.65. The van der Waals surface area contributed by atoms with Crippen molar-refractivity contribution >= 4 is 5.91 Å². The lowest BCUT2D eigenvalue weighted by atomic mass is 9.93. The summed E-state index contributed by atoms with van der Waals surface area (Å²) < 4.78 is 5.51. The Labute approximate surface area is 97.4 Å². The van der Waals surface area contributed by atoms with E-state index >= 15 is 0 Å². The van der Waals surface area contributed by atoms with Crippen molar-refractivity contribution < 1.29 is 14.6 Å². The van der Waals surface area contributed by atoms with Gasteiger partial charge in [-0.3, -0.25) is 4.79 Å². The van der Waals surface area contributed by atoms with Crippen LogP contribution in [0.1, 0.15) is 46.5 Å². The third-order valence-corrected chi connectivity index (χ3v) is 3.57. The molecule has 0 bridgehead atoms. The molecule has 0 aromatic rings. The Bertz CT molecular complexity index is 230. The van der Waals surface area contributed by atoms with Crippen molar-refractivity contribution in [3.8, 4) is 0 Å². The molecular weight excluding hydrogens is 206 g/mol. The van der Waals surface area contributed by atoms with Gasteiger partial charge >= 0.3 is 0 Å². The second-order valence-corrected chi connectivity index (χ2v) is 4.65. The molecule has 0 aromatic carbocycles. The second kappa shape index (κ2) is 5.64. The standard InChI is InChI=1S/C12H23NO3/c1-4-12(5-2,8-14)13-11(15)10-7-6-9(3)16-10/h9-10,14H,4-8H2,1-3H3,(H,13,15). The number of ether oxygens (including phenoxy) is 1. The van der Waals surface area contributed by atoms with Crippen molar-refractivity contribution in [3.63, 3.8) is 0 Å². The highest BCUT2D eigenvalue weighted by atomic mass is 16.5. The number of hydrogen-bond donors (Lipinski definition) is 2. The Kier molecular flexibility index (Phi) is 4.74. The van der Waals surface area contributed by atoms with E-state index in [2.05, 4.69) is 5.32 Å². The van der Waals surface area contributed by atoms with Crippen LogP contribution >= 0.6 is 0 Å². The lowest BCUT2D eigenvalue weighted by Gasteiger charge is -2.31. The molecule has 16 heavy (non-hydrogen) atoms. The van der Waals surface area contributed by atoms with Gasteiger partial charge < -0.3 is 15.2 Å². The average Bonchev–Trinajstić information content (AvgIpc) is 2.73. The Morgan fingerprint density at radius 2 is 2.06 bits per heavy atom. The van der Waals surface area contributed by atoms with E-state index in [1.807, 2.05) is 20.8 Å². The van der Waals surface area contributed by atoms with Gasteiger partial charge in [-0.05, 0) is 32.6 Å². The molecule has 0 radical (unpaired) electrons. The molecule has 4 heteroatoms. The van der Waals surface area contributed by atoms with Crippen LogP contribution in [-0.4, -0.2) is 35.4 Å².